The van der Waals surface area contributed by atoms with Crippen LogP contribution in [0.3, 0.4) is 0 Å². The molecule has 1 rings (SSSR count). The number of phenolic OH excluding ortho intramolecular Hbond substituents is 1. The molecule has 84 valence electrons. The molecule has 0 saturated heterocycles. The van der Waals surface area contributed by atoms with Crippen LogP contribution in [0.1, 0.15) is 24.2 Å². The van der Waals surface area contributed by atoms with Crippen molar-refractivity contribution < 1.29 is 9.90 Å². The summed E-state index contributed by atoms with van der Waals surface area (Å²) >= 11 is 0. The maximum Gasteiger partial charge on any atom is 0.255 e. The van der Waals surface area contributed by atoms with Crippen LogP contribution < -0.4 is 5.32 Å². The molecule has 0 aromatic heterocycles. The summed E-state index contributed by atoms with van der Waals surface area (Å²) in [7, 11) is 0. The summed E-state index contributed by atoms with van der Waals surface area (Å²) in [5.74, 6) is -0.434. The smallest absolute Gasteiger partial charge is 0.255 e. The van der Waals surface area contributed by atoms with Crippen LogP contribution in [0.15, 0.2) is 24.3 Å². The Labute approximate surface area is 94.5 Å². The van der Waals surface area contributed by atoms with Gasteiger partial charge in [0.2, 0.25) is 0 Å². The standard InChI is InChI=1S/C12H14N2O2/c1-12(2,7-13)8-14-11(16)9-5-3-4-6-10(9)15/h3-6,15H,8H2,1-2H3,(H,14,16). The summed E-state index contributed by atoms with van der Waals surface area (Å²) in [4.78, 5) is 11.6. The van der Waals surface area contributed by atoms with E-state index in [1.807, 2.05) is 0 Å². The molecule has 0 saturated carbocycles. The Morgan fingerprint density at radius 2 is 2.12 bits per heavy atom. The normalized spacial score (nSPS) is 10.6. The van der Waals surface area contributed by atoms with E-state index in [0.717, 1.165) is 0 Å². The Bertz CT molecular complexity index is 433. The highest BCUT2D eigenvalue weighted by atomic mass is 16.3. The zero-order valence-electron chi connectivity index (χ0n) is 9.32. The molecule has 0 spiro atoms. The molecule has 0 unspecified atom stereocenters. The van der Waals surface area contributed by atoms with Gasteiger partial charge < -0.3 is 10.4 Å². The van der Waals surface area contributed by atoms with Gasteiger partial charge in [0.1, 0.15) is 5.75 Å². The lowest BCUT2D eigenvalue weighted by molar-refractivity contribution is 0.0941. The van der Waals surface area contributed by atoms with Gasteiger partial charge in [-0.15, -0.1) is 0 Å². The number of nitriles is 1. The molecular formula is C12H14N2O2. The van der Waals surface area contributed by atoms with Gasteiger partial charge in [0, 0.05) is 6.54 Å². The summed E-state index contributed by atoms with van der Waals surface area (Å²) in [5.41, 5.74) is -0.392. The van der Waals surface area contributed by atoms with Crippen molar-refractivity contribution in [3.63, 3.8) is 0 Å². The Balaban J connectivity index is 2.68. The van der Waals surface area contributed by atoms with Gasteiger partial charge in [0.05, 0.1) is 17.0 Å². The van der Waals surface area contributed by atoms with E-state index in [-0.39, 0.29) is 23.8 Å². The van der Waals surface area contributed by atoms with E-state index >= 15 is 0 Å². The highest BCUT2D eigenvalue weighted by molar-refractivity contribution is 5.96. The van der Waals surface area contributed by atoms with Gasteiger partial charge in [-0.25, -0.2) is 0 Å². The van der Waals surface area contributed by atoms with Crippen molar-refractivity contribution in [1.29, 1.82) is 5.26 Å². The number of amides is 1. The van der Waals surface area contributed by atoms with Gasteiger partial charge in [0.25, 0.3) is 5.91 Å². The van der Waals surface area contributed by atoms with E-state index in [1.54, 1.807) is 26.0 Å². The maximum absolute atomic E-state index is 11.6. The fraction of sp³-hybridized carbons (Fsp3) is 0.333. The minimum atomic E-state index is -0.611. The average molecular weight is 218 g/mol. The fourth-order valence-electron chi connectivity index (χ4n) is 1.10. The van der Waals surface area contributed by atoms with Crippen molar-refractivity contribution in [2.45, 2.75) is 13.8 Å². The lowest BCUT2D eigenvalue weighted by atomic mass is 9.96. The first kappa shape index (κ1) is 12.1. The lowest BCUT2D eigenvalue weighted by Crippen LogP contribution is -2.33. The van der Waals surface area contributed by atoms with Gasteiger partial charge in [-0.3, -0.25) is 4.79 Å². The molecule has 4 nitrogen and oxygen atoms in total. The van der Waals surface area contributed by atoms with Crippen LogP contribution in [0.25, 0.3) is 0 Å². The minimum Gasteiger partial charge on any atom is -0.507 e. The van der Waals surface area contributed by atoms with Crippen molar-refractivity contribution in [1.82, 2.24) is 5.32 Å². The average Bonchev–Trinajstić information content (AvgIpc) is 2.27. The molecule has 0 heterocycles. The zero-order chi connectivity index (χ0) is 12.2. The van der Waals surface area contributed by atoms with E-state index < -0.39 is 5.41 Å². The third-order valence-electron chi connectivity index (χ3n) is 2.14. The second kappa shape index (κ2) is 4.67. The van der Waals surface area contributed by atoms with Crippen molar-refractivity contribution >= 4 is 5.91 Å². The topological polar surface area (TPSA) is 73.1 Å². The molecule has 1 aromatic rings. The number of nitrogens with one attached hydrogen (secondary N) is 1. The molecule has 0 fully saturated rings. The first-order valence-electron chi connectivity index (χ1n) is 4.94. The van der Waals surface area contributed by atoms with Crippen molar-refractivity contribution in [2.24, 2.45) is 5.41 Å². The second-order valence-corrected chi connectivity index (χ2v) is 4.20. The monoisotopic (exact) mass is 218 g/mol. The molecule has 0 aliphatic rings. The molecule has 0 aliphatic heterocycles. The lowest BCUT2D eigenvalue weighted by Gasteiger charge is -2.15. The van der Waals surface area contributed by atoms with Crippen LogP contribution >= 0.6 is 0 Å². The summed E-state index contributed by atoms with van der Waals surface area (Å²) < 4.78 is 0. The van der Waals surface area contributed by atoms with Gasteiger partial charge in [-0.2, -0.15) is 5.26 Å². The number of aromatic hydroxyl groups is 1. The number of hydrogen-bond donors (Lipinski definition) is 2. The van der Waals surface area contributed by atoms with Crippen LogP contribution in [-0.4, -0.2) is 17.6 Å². The van der Waals surface area contributed by atoms with E-state index in [4.69, 9.17) is 5.26 Å². The molecule has 2 N–H and O–H groups in total. The molecule has 4 heteroatoms. The SMILES string of the molecule is CC(C)(C#N)CNC(=O)c1ccccc1O. The third kappa shape index (κ3) is 2.99. The maximum atomic E-state index is 11.6. The van der Waals surface area contributed by atoms with Crippen LogP contribution in [0.4, 0.5) is 0 Å². The molecule has 16 heavy (non-hydrogen) atoms. The fourth-order valence-corrected chi connectivity index (χ4v) is 1.10. The first-order chi connectivity index (χ1) is 7.46. The van der Waals surface area contributed by atoms with Gasteiger partial charge in [0.15, 0.2) is 0 Å². The van der Waals surface area contributed by atoms with E-state index in [1.165, 1.54) is 12.1 Å². The summed E-state index contributed by atoms with van der Waals surface area (Å²) in [6.45, 7) is 3.72. The van der Waals surface area contributed by atoms with E-state index in [0.29, 0.717) is 0 Å². The highest BCUT2D eigenvalue weighted by Gasteiger charge is 2.19. The Kier molecular flexibility index (Phi) is 3.51. The second-order valence-electron chi connectivity index (χ2n) is 4.20. The van der Waals surface area contributed by atoms with Crippen molar-refractivity contribution in [3.8, 4) is 11.8 Å². The van der Waals surface area contributed by atoms with Gasteiger partial charge >= 0.3 is 0 Å². The molecule has 1 amide bonds. The van der Waals surface area contributed by atoms with Crippen molar-refractivity contribution in [2.75, 3.05) is 6.54 Å². The van der Waals surface area contributed by atoms with Crippen molar-refractivity contribution in [3.05, 3.63) is 29.8 Å². The van der Waals surface area contributed by atoms with Crippen LogP contribution in [0.2, 0.25) is 0 Å². The molecule has 0 radical (unpaired) electrons. The third-order valence-corrected chi connectivity index (χ3v) is 2.14. The summed E-state index contributed by atoms with van der Waals surface area (Å²) in [6, 6.07) is 8.38. The largest absolute Gasteiger partial charge is 0.507 e. The Hall–Kier alpha value is -2.02. The van der Waals surface area contributed by atoms with Crippen LogP contribution in [0.5, 0.6) is 5.75 Å². The van der Waals surface area contributed by atoms with E-state index in [2.05, 4.69) is 11.4 Å². The van der Waals surface area contributed by atoms with Gasteiger partial charge in [-0.1, -0.05) is 12.1 Å². The van der Waals surface area contributed by atoms with Gasteiger partial charge in [-0.05, 0) is 26.0 Å². The Morgan fingerprint density at radius 1 is 1.50 bits per heavy atom. The first-order valence-corrected chi connectivity index (χ1v) is 4.94. The van der Waals surface area contributed by atoms with Crippen LogP contribution in [0, 0.1) is 16.7 Å². The number of hydrogen-bond acceptors (Lipinski definition) is 3. The Morgan fingerprint density at radius 3 is 2.69 bits per heavy atom. The number of benzene rings is 1. The number of para-hydroxylation sites is 1. The van der Waals surface area contributed by atoms with Crippen LogP contribution in [-0.2, 0) is 0 Å². The number of nitrogens with zero attached hydrogens (tertiary/aromatic N) is 1. The summed E-state index contributed by atoms with van der Waals surface area (Å²) in [5, 5.41) is 20.8. The number of rotatable bonds is 3. The number of phenols is 1. The predicted molar refractivity (Wildman–Crippen MR) is 59.8 cm³/mol. The molecule has 0 aliphatic carbocycles. The number of carbonyl (C=O) groups is 1. The number of carbonyl (C=O) groups excluding carboxylic acids is 1. The van der Waals surface area contributed by atoms with E-state index in [9.17, 15) is 9.90 Å². The molecular weight excluding hydrogens is 204 g/mol. The molecule has 1 aromatic carbocycles. The molecule has 0 bridgehead atoms. The minimum absolute atomic E-state index is 0.0604. The quantitative estimate of drug-likeness (QED) is 0.810. The zero-order valence-corrected chi connectivity index (χ0v) is 9.32. The highest BCUT2D eigenvalue weighted by Crippen LogP contribution is 2.16. The summed E-state index contributed by atoms with van der Waals surface area (Å²) in [6.07, 6.45) is 0. The molecule has 0 atom stereocenters. The predicted octanol–water partition coefficient (Wildman–Crippen LogP) is 1.67.